The minimum absolute atomic E-state index is 0.0968. The Morgan fingerprint density at radius 3 is 1.52 bits per heavy atom. The van der Waals surface area contributed by atoms with E-state index in [1.54, 1.807) is 12.1 Å². The van der Waals surface area contributed by atoms with Crippen LogP contribution in [0.4, 0.5) is 0 Å². The fourth-order valence-electron chi connectivity index (χ4n) is 4.47. The summed E-state index contributed by atoms with van der Waals surface area (Å²) < 4.78 is 6.13. The van der Waals surface area contributed by atoms with Crippen LogP contribution in [0.3, 0.4) is 0 Å². The normalized spacial score (nSPS) is 13.8. The first-order valence-electron chi connectivity index (χ1n) is 8.19. The number of carbonyl (C=O) groups is 1. The van der Waals surface area contributed by atoms with E-state index in [0.717, 1.165) is 0 Å². The summed E-state index contributed by atoms with van der Waals surface area (Å²) in [5, 5.41) is -0.290. The number of benzene rings is 1. The highest BCUT2D eigenvalue weighted by molar-refractivity contribution is 6.81. The van der Waals surface area contributed by atoms with Crippen LogP contribution >= 0.6 is 0 Å². The van der Waals surface area contributed by atoms with E-state index in [-0.39, 0.29) is 15.1 Å². The molecule has 1 rings (SSSR count). The maximum Gasteiger partial charge on any atom is 0.371 e. The van der Waals surface area contributed by atoms with E-state index in [1.807, 2.05) is 18.2 Å². The lowest BCUT2D eigenvalue weighted by molar-refractivity contribution is -0.172. The second-order valence-corrected chi connectivity index (χ2v) is 15.3. The maximum absolute atomic E-state index is 12.3. The Hall–Kier alpha value is -1.13. The van der Waals surface area contributed by atoms with Crippen molar-refractivity contribution in [3.05, 3.63) is 35.9 Å². The van der Waals surface area contributed by atoms with Gasteiger partial charge in [-0.2, -0.15) is 0 Å². The Morgan fingerprint density at radius 2 is 1.17 bits per heavy atom. The summed E-state index contributed by atoms with van der Waals surface area (Å²) in [5.74, 6) is -0.430. The number of carbonyl (C=O) groups excluding carboxylic acids is 1. The molecule has 1 aromatic rings. The summed E-state index contributed by atoms with van der Waals surface area (Å²) in [6, 6.07) is 8.98. The minimum atomic E-state index is -2.54. The van der Waals surface area contributed by atoms with Gasteiger partial charge in [0.1, 0.15) is 0 Å². The van der Waals surface area contributed by atoms with Crippen molar-refractivity contribution in [3.63, 3.8) is 0 Å². The average molecular weight is 337 g/mol. The molecule has 0 saturated carbocycles. The summed E-state index contributed by atoms with van der Waals surface area (Å²) in [4.78, 5) is 17.7. The average Bonchev–Trinajstić information content (AvgIpc) is 2.35. The molecule has 0 saturated heterocycles. The molecular formula is C19H32O3Si. The van der Waals surface area contributed by atoms with Crippen molar-refractivity contribution in [2.24, 2.45) is 0 Å². The lowest BCUT2D eigenvalue weighted by Crippen LogP contribution is -2.61. The molecule has 130 valence electrons. The molecule has 1 aromatic carbocycles. The second-order valence-electron chi connectivity index (χ2n) is 9.25. The smallest absolute Gasteiger partial charge is 0.304 e. The van der Waals surface area contributed by atoms with Crippen LogP contribution in [0, 0.1) is 0 Å². The van der Waals surface area contributed by atoms with Gasteiger partial charge in [-0.05, 0) is 27.2 Å². The number of hydrogen-bond acceptors (Lipinski definition) is 3. The summed E-state index contributed by atoms with van der Waals surface area (Å²) in [6.45, 7) is 19.7. The quantitative estimate of drug-likeness (QED) is 0.379. The first kappa shape index (κ1) is 19.9. The van der Waals surface area contributed by atoms with Crippen LogP contribution in [0.15, 0.2) is 30.3 Å². The molecule has 0 spiro atoms. The van der Waals surface area contributed by atoms with Gasteiger partial charge >= 0.3 is 5.97 Å². The van der Waals surface area contributed by atoms with Gasteiger partial charge in [-0.3, -0.25) is 0 Å². The molecule has 0 N–H and O–H groups in total. The maximum atomic E-state index is 12.3. The summed E-state index contributed by atoms with van der Waals surface area (Å²) in [5.41, 5.74) is 0.507. The molecule has 0 atom stereocenters. The zero-order chi connectivity index (χ0) is 18.1. The molecule has 0 aliphatic heterocycles. The molecule has 0 unspecified atom stereocenters. The Kier molecular flexibility index (Phi) is 5.54. The fraction of sp³-hybridized carbons (Fsp3) is 0.632. The topological polar surface area (TPSA) is 35.5 Å². The van der Waals surface area contributed by atoms with Crippen molar-refractivity contribution in [1.82, 2.24) is 0 Å². The molecular weight excluding hydrogens is 304 g/mol. The monoisotopic (exact) mass is 336 g/mol. The van der Waals surface area contributed by atoms with Crippen molar-refractivity contribution in [3.8, 4) is 0 Å². The molecule has 0 aliphatic rings. The van der Waals surface area contributed by atoms with Gasteiger partial charge in [0.25, 0.3) is 8.32 Å². The highest BCUT2D eigenvalue weighted by Gasteiger charge is 2.64. The zero-order valence-electron chi connectivity index (χ0n) is 16.1. The molecule has 0 fully saturated rings. The van der Waals surface area contributed by atoms with Crippen molar-refractivity contribution >= 4 is 14.3 Å². The first-order chi connectivity index (χ1) is 10.2. The van der Waals surface area contributed by atoms with Gasteiger partial charge in [-0.15, -0.1) is 0 Å². The summed E-state index contributed by atoms with van der Waals surface area (Å²) >= 11 is 0. The predicted octanol–water partition coefficient (Wildman–Crippen LogP) is 6.12. The van der Waals surface area contributed by atoms with Crippen LogP contribution in [0.25, 0.3) is 0 Å². The van der Waals surface area contributed by atoms with Gasteiger partial charge in [-0.25, -0.2) is 9.37 Å². The van der Waals surface area contributed by atoms with E-state index in [0.29, 0.717) is 5.56 Å². The lowest BCUT2D eigenvalue weighted by Gasteiger charge is -2.55. The largest absolute Gasteiger partial charge is 0.371 e. The Balaban J connectivity index is 3.20. The molecule has 0 bridgehead atoms. The first-order valence-corrected chi connectivity index (χ1v) is 10.1. The highest BCUT2D eigenvalue weighted by atomic mass is 28.4. The molecule has 3 nitrogen and oxygen atoms in total. The SMILES string of the molecule is CC(C)(C)[Si](OOC(=O)c1ccccc1)(C(C)(C)C)C(C)(C)C. The van der Waals surface area contributed by atoms with Crippen LogP contribution < -0.4 is 0 Å². The van der Waals surface area contributed by atoms with E-state index in [4.69, 9.17) is 9.46 Å². The molecule has 0 amide bonds. The van der Waals surface area contributed by atoms with Crippen LogP contribution in [0.1, 0.15) is 72.7 Å². The van der Waals surface area contributed by atoms with E-state index < -0.39 is 14.3 Å². The van der Waals surface area contributed by atoms with Gasteiger partial charge in [0.15, 0.2) is 0 Å². The molecule has 0 radical (unpaired) electrons. The van der Waals surface area contributed by atoms with Crippen LogP contribution in [-0.4, -0.2) is 14.3 Å². The third-order valence-corrected chi connectivity index (χ3v) is 11.1. The third-order valence-electron chi connectivity index (χ3n) is 4.42. The van der Waals surface area contributed by atoms with Gasteiger partial charge in [0, 0.05) is 0 Å². The predicted molar refractivity (Wildman–Crippen MR) is 97.8 cm³/mol. The summed E-state index contributed by atoms with van der Waals surface area (Å²) in [6.07, 6.45) is 0. The standard InChI is InChI=1S/C19H32O3Si/c1-17(2,3)23(18(4,5)6,19(7,8)9)22-21-16(20)15-13-11-10-12-14-15/h10-14H,1-9H3. The van der Waals surface area contributed by atoms with Crippen molar-refractivity contribution in [2.45, 2.75) is 77.4 Å². The second kappa shape index (κ2) is 6.40. The highest BCUT2D eigenvalue weighted by Crippen LogP contribution is 2.62. The van der Waals surface area contributed by atoms with Gasteiger partial charge in [0.2, 0.25) is 0 Å². The van der Waals surface area contributed by atoms with E-state index >= 15 is 0 Å². The van der Waals surface area contributed by atoms with Crippen molar-refractivity contribution in [1.29, 1.82) is 0 Å². The molecule has 4 heteroatoms. The summed E-state index contributed by atoms with van der Waals surface area (Å²) in [7, 11) is -2.54. The number of rotatable bonds is 3. The lowest BCUT2D eigenvalue weighted by atomic mass is 10.2. The van der Waals surface area contributed by atoms with E-state index in [1.165, 1.54) is 0 Å². The fourth-order valence-corrected chi connectivity index (χ4v) is 12.2. The van der Waals surface area contributed by atoms with Crippen LogP contribution in [0.5, 0.6) is 0 Å². The van der Waals surface area contributed by atoms with Crippen LogP contribution in [0.2, 0.25) is 15.1 Å². The van der Waals surface area contributed by atoms with Gasteiger partial charge in [0.05, 0.1) is 5.56 Å². The molecule has 0 heterocycles. The molecule has 0 aliphatic carbocycles. The Labute approximate surface area is 142 Å². The van der Waals surface area contributed by atoms with Crippen LogP contribution in [-0.2, 0) is 9.46 Å². The van der Waals surface area contributed by atoms with E-state index in [9.17, 15) is 4.79 Å². The Morgan fingerprint density at radius 1 is 0.783 bits per heavy atom. The van der Waals surface area contributed by atoms with Crippen molar-refractivity contribution < 1.29 is 14.3 Å². The molecule has 0 aromatic heterocycles. The van der Waals surface area contributed by atoms with Crippen molar-refractivity contribution in [2.75, 3.05) is 0 Å². The molecule has 23 heavy (non-hydrogen) atoms. The van der Waals surface area contributed by atoms with E-state index in [2.05, 4.69) is 62.3 Å². The minimum Gasteiger partial charge on any atom is -0.304 e. The zero-order valence-corrected chi connectivity index (χ0v) is 17.1. The van der Waals surface area contributed by atoms with Gasteiger partial charge < -0.3 is 4.89 Å². The Bertz CT molecular complexity index is 494. The third kappa shape index (κ3) is 3.86. The van der Waals surface area contributed by atoms with Gasteiger partial charge in [-0.1, -0.05) is 80.5 Å². The number of hydrogen-bond donors (Lipinski definition) is 0.